The second-order valence-corrected chi connectivity index (χ2v) is 5.04. The number of nitrogens with one attached hydrogen (secondary N) is 1. The van der Waals surface area contributed by atoms with Crippen molar-refractivity contribution in [2.24, 2.45) is 0 Å². The van der Waals surface area contributed by atoms with Crippen LogP contribution in [0.15, 0.2) is 24.3 Å². The predicted molar refractivity (Wildman–Crippen MR) is 83.9 cm³/mol. The van der Waals surface area contributed by atoms with Crippen molar-refractivity contribution in [2.75, 3.05) is 11.9 Å². The maximum atomic E-state index is 4.72. The van der Waals surface area contributed by atoms with Crippen LogP contribution in [0.1, 0.15) is 44.9 Å². The van der Waals surface area contributed by atoms with E-state index in [9.17, 15) is 0 Å². The Morgan fingerprint density at radius 1 is 1.05 bits per heavy atom. The van der Waals surface area contributed by atoms with Crippen LogP contribution in [0.3, 0.4) is 0 Å². The van der Waals surface area contributed by atoms with Gasteiger partial charge in [0.2, 0.25) is 0 Å². The average Bonchev–Trinajstić information content (AvgIpc) is 2.45. The maximum absolute atomic E-state index is 4.72. The molecule has 2 nitrogen and oxygen atoms in total. The molecule has 0 unspecified atom stereocenters. The molecule has 1 heterocycles. The second kappa shape index (κ2) is 6.55. The lowest BCUT2D eigenvalue weighted by Gasteiger charge is -2.12. The minimum absolute atomic E-state index is 0.980. The van der Waals surface area contributed by atoms with Crippen molar-refractivity contribution in [2.45, 2.75) is 46.5 Å². The fourth-order valence-corrected chi connectivity index (χ4v) is 2.36. The fourth-order valence-electron chi connectivity index (χ4n) is 2.36. The van der Waals surface area contributed by atoms with Crippen molar-refractivity contribution in [3.63, 3.8) is 0 Å². The Labute approximate surface area is 116 Å². The molecule has 19 heavy (non-hydrogen) atoms. The van der Waals surface area contributed by atoms with E-state index in [4.69, 9.17) is 4.98 Å². The molecule has 1 N–H and O–H groups in total. The molecule has 0 aliphatic carbocycles. The Morgan fingerprint density at radius 2 is 1.89 bits per heavy atom. The van der Waals surface area contributed by atoms with Gasteiger partial charge in [0.15, 0.2) is 0 Å². The standard InChI is InChI=1S/C17H24N2/c1-4-7-13-8-9-16-15(11-13)17(18-10-5-2)12-14(6-3)19-16/h8-9,11-12H,4-7,10H2,1-3H3,(H,18,19). The Kier molecular flexibility index (Phi) is 4.78. The highest BCUT2D eigenvalue weighted by Crippen LogP contribution is 2.25. The van der Waals surface area contributed by atoms with Gasteiger partial charge in [-0.05, 0) is 43.0 Å². The molecule has 2 rings (SSSR count). The Hall–Kier alpha value is -1.57. The zero-order chi connectivity index (χ0) is 13.7. The number of benzene rings is 1. The summed E-state index contributed by atoms with van der Waals surface area (Å²) in [6, 6.07) is 8.87. The van der Waals surface area contributed by atoms with Gasteiger partial charge in [0, 0.05) is 23.3 Å². The van der Waals surface area contributed by atoms with Crippen LogP contribution in [0.2, 0.25) is 0 Å². The average molecular weight is 256 g/mol. The van der Waals surface area contributed by atoms with E-state index in [0.717, 1.165) is 37.0 Å². The number of aryl methyl sites for hydroxylation is 2. The molecule has 0 spiro atoms. The number of pyridine rings is 1. The molecule has 2 aromatic rings. The molecule has 1 aromatic heterocycles. The lowest BCUT2D eigenvalue weighted by Crippen LogP contribution is -2.02. The molecule has 0 aliphatic heterocycles. The summed E-state index contributed by atoms with van der Waals surface area (Å²) in [6.07, 6.45) is 4.44. The molecule has 1 aromatic carbocycles. The number of anilines is 1. The number of nitrogens with zero attached hydrogens (tertiary/aromatic N) is 1. The van der Waals surface area contributed by atoms with Crippen molar-refractivity contribution in [3.8, 4) is 0 Å². The van der Waals surface area contributed by atoms with E-state index < -0.39 is 0 Å². The van der Waals surface area contributed by atoms with E-state index in [1.807, 2.05) is 0 Å². The van der Waals surface area contributed by atoms with Crippen LogP contribution in [-0.2, 0) is 12.8 Å². The lowest BCUT2D eigenvalue weighted by atomic mass is 10.0. The third-order valence-electron chi connectivity index (χ3n) is 3.39. The normalized spacial score (nSPS) is 10.9. The molecule has 0 fully saturated rings. The Balaban J connectivity index is 2.49. The quantitative estimate of drug-likeness (QED) is 0.818. The fraction of sp³-hybridized carbons (Fsp3) is 0.471. The van der Waals surface area contributed by atoms with Gasteiger partial charge in [-0.1, -0.05) is 33.3 Å². The summed E-state index contributed by atoms with van der Waals surface area (Å²) in [7, 11) is 0. The van der Waals surface area contributed by atoms with Crippen LogP contribution >= 0.6 is 0 Å². The van der Waals surface area contributed by atoms with E-state index in [1.54, 1.807) is 0 Å². The molecular weight excluding hydrogens is 232 g/mol. The Morgan fingerprint density at radius 3 is 2.58 bits per heavy atom. The third-order valence-corrected chi connectivity index (χ3v) is 3.39. The highest BCUT2D eigenvalue weighted by molar-refractivity contribution is 5.92. The molecule has 0 radical (unpaired) electrons. The smallest absolute Gasteiger partial charge is 0.0726 e. The summed E-state index contributed by atoms with van der Waals surface area (Å²) >= 11 is 0. The predicted octanol–water partition coefficient (Wildman–Crippen LogP) is 4.57. The first-order valence-electron chi connectivity index (χ1n) is 7.44. The highest BCUT2D eigenvalue weighted by Gasteiger charge is 2.06. The Bertz CT molecular complexity index is 546. The summed E-state index contributed by atoms with van der Waals surface area (Å²) in [6.45, 7) is 7.59. The number of rotatable bonds is 6. The van der Waals surface area contributed by atoms with Crippen molar-refractivity contribution in [1.29, 1.82) is 0 Å². The van der Waals surface area contributed by atoms with Crippen LogP contribution in [0.4, 0.5) is 5.69 Å². The van der Waals surface area contributed by atoms with E-state index in [-0.39, 0.29) is 0 Å². The van der Waals surface area contributed by atoms with Crippen molar-refractivity contribution in [1.82, 2.24) is 4.98 Å². The van der Waals surface area contributed by atoms with Gasteiger partial charge in [-0.3, -0.25) is 4.98 Å². The third kappa shape index (κ3) is 3.25. The molecular formula is C17H24N2. The van der Waals surface area contributed by atoms with Crippen molar-refractivity contribution in [3.05, 3.63) is 35.5 Å². The highest BCUT2D eigenvalue weighted by atomic mass is 14.9. The first kappa shape index (κ1) is 13.9. The monoisotopic (exact) mass is 256 g/mol. The number of fused-ring (bicyclic) bond motifs is 1. The van der Waals surface area contributed by atoms with Crippen LogP contribution < -0.4 is 5.32 Å². The molecule has 2 heteroatoms. The summed E-state index contributed by atoms with van der Waals surface area (Å²) in [5.74, 6) is 0. The van der Waals surface area contributed by atoms with Crippen molar-refractivity contribution >= 4 is 16.6 Å². The van der Waals surface area contributed by atoms with Crippen LogP contribution in [0.5, 0.6) is 0 Å². The maximum Gasteiger partial charge on any atom is 0.0726 e. The first-order chi connectivity index (χ1) is 9.28. The summed E-state index contributed by atoms with van der Waals surface area (Å²) in [5, 5.41) is 4.80. The largest absolute Gasteiger partial charge is 0.384 e. The number of aromatic nitrogens is 1. The summed E-state index contributed by atoms with van der Waals surface area (Å²) in [5.41, 5.74) is 4.91. The summed E-state index contributed by atoms with van der Waals surface area (Å²) in [4.78, 5) is 4.72. The molecule has 0 saturated heterocycles. The SMILES string of the molecule is CCCNc1cc(CC)nc2ccc(CCC)cc12. The molecule has 0 saturated carbocycles. The van der Waals surface area contributed by atoms with Crippen LogP contribution in [-0.4, -0.2) is 11.5 Å². The second-order valence-electron chi connectivity index (χ2n) is 5.04. The van der Waals surface area contributed by atoms with Gasteiger partial charge in [-0.25, -0.2) is 0 Å². The molecule has 102 valence electrons. The van der Waals surface area contributed by atoms with Crippen molar-refractivity contribution < 1.29 is 0 Å². The minimum atomic E-state index is 0.980. The molecule has 0 aliphatic rings. The van der Waals surface area contributed by atoms with E-state index in [2.05, 4.69) is 50.4 Å². The number of hydrogen-bond donors (Lipinski definition) is 1. The zero-order valence-corrected chi connectivity index (χ0v) is 12.3. The molecule has 0 amide bonds. The van der Waals surface area contributed by atoms with E-state index >= 15 is 0 Å². The summed E-state index contributed by atoms with van der Waals surface area (Å²) < 4.78 is 0. The zero-order valence-electron chi connectivity index (χ0n) is 12.3. The van der Waals surface area contributed by atoms with Crippen LogP contribution in [0.25, 0.3) is 10.9 Å². The van der Waals surface area contributed by atoms with Gasteiger partial charge in [0.25, 0.3) is 0 Å². The molecule has 0 bridgehead atoms. The van der Waals surface area contributed by atoms with Gasteiger partial charge in [-0.15, -0.1) is 0 Å². The van der Waals surface area contributed by atoms with Gasteiger partial charge in [-0.2, -0.15) is 0 Å². The molecule has 0 atom stereocenters. The topological polar surface area (TPSA) is 24.9 Å². The number of hydrogen-bond acceptors (Lipinski definition) is 2. The van der Waals surface area contributed by atoms with Gasteiger partial charge in [0.1, 0.15) is 0 Å². The van der Waals surface area contributed by atoms with E-state index in [0.29, 0.717) is 0 Å². The first-order valence-corrected chi connectivity index (χ1v) is 7.44. The minimum Gasteiger partial charge on any atom is -0.384 e. The van der Waals surface area contributed by atoms with E-state index in [1.165, 1.54) is 23.1 Å². The lowest BCUT2D eigenvalue weighted by molar-refractivity contribution is 0.923. The van der Waals surface area contributed by atoms with Crippen LogP contribution in [0, 0.1) is 0 Å². The van der Waals surface area contributed by atoms with Gasteiger partial charge in [0.05, 0.1) is 5.52 Å². The van der Waals surface area contributed by atoms with Gasteiger partial charge >= 0.3 is 0 Å². The van der Waals surface area contributed by atoms with Gasteiger partial charge < -0.3 is 5.32 Å².